The fraction of sp³-hybridized carbons (Fsp3) is 0.387. The number of nitrogens with zero attached hydrogens (tertiary/aromatic N) is 2. The van der Waals surface area contributed by atoms with E-state index in [4.69, 9.17) is 4.74 Å². The van der Waals surface area contributed by atoms with Gasteiger partial charge in [0.2, 0.25) is 15.9 Å². The van der Waals surface area contributed by atoms with Crippen molar-refractivity contribution in [3.05, 3.63) is 95.3 Å². The molecular formula is C31H36FN3O4S. The van der Waals surface area contributed by atoms with Crippen LogP contribution in [0.3, 0.4) is 0 Å². The van der Waals surface area contributed by atoms with Crippen LogP contribution in [0.5, 0.6) is 0 Å². The molecule has 7 nitrogen and oxygen atoms in total. The summed E-state index contributed by atoms with van der Waals surface area (Å²) in [4.78, 5) is 15.1. The van der Waals surface area contributed by atoms with Crippen molar-refractivity contribution in [1.29, 1.82) is 0 Å². The Morgan fingerprint density at radius 1 is 1.02 bits per heavy atom. The van der Waals surface area contributed by atoms with E-state index in [9.17, 15) is 17.6 Å². The minimum Gasteiger partial charge on any atom is -0.371 e. The molecule has 3 aromatic carbocycles. The lowest BCUT2D eigenvalue weighted by molar-refractivity contribution is -0.144. The Balaban J connectivity index is 1.35. The predicted octanol–water partition coefficient (Wildman–Crippen LogP) is 4.55. The largest absolute Gasteiger partial charge is 0.371 e. The Kier molecular flexibility index (Phi) is 8.37. The van der Waals surface area contributed by atoms with Crippen molar-refractivity contribution < 1.29 is 22.3 Å². The van der Waals surface area contributed by atoms with Gasteiger partial charge in [-0.05, 0) is 75.0 Å². The van der Waals surface area contributed by atoms with Crippen LogP contribution < -0.4 is 5.32 Å². The van der Waals surface area contributed by atoms with Gasteiger partial charge in [0.25, 0.3) is 0 Å². The highest BCUT2D eigenvalue weighted by Crippen LogP contribution is 2.35. The number of aryl methyl sites for hydroxylation is 2. The van der Waals surface area contributed by atoms with Gasteiger partial charge in [-0.25, -0.2) is 12.8 Å². The number of likely N-dealkylation sites (tertiary alicyclic amines) is 1. The molecule has 40 heavy (non-hydrogen) atoms. The van der Waals surface area contributed by atoms with Crippen LogP contribution in [0.15, 0.2) is 77.7 Å². The number of piperidine rings is 1. The molecule has 0 bridgehead atoms. The number of anilines is 1. The van der Waals surface area contributed by atoms with E-state index in [2.05, 4.69) is 5.32 Å². The Morgan fingerprint density at radius 3 is 2.50 bits per heavy atom. The highest BCUT2D eigenvalue weighted by molar-refractivity contribution is 7.89. The summed E-state index contributed by atoms with van der Waals surface area (Å²) >= 11 is 0. The van der Waals surface area contributed by atoms with Gasteiger partial charge in [0.15, 0.2) is 0 Å². The van der Waals surface area contributed by atoms with Crippen LogP contribution in [-0.4, -0.2) is 68.0 Å². The summed E-state index contributed by atoms with van der Waals surface area (Å²) in [6, 6.07) is 21.0. The molecule has 0 aromatic heterocycles. The number of benzene rings is 3. The fourth-order valence-corrected chi connectivity index (χ4v) is 7.37. The molecule has 1 unspecified atom stereocenters. The molecule has 2 heterocycles. The van der Waals surface area contributed by atoms with E-state index in [-0.39, 0.29) is 42.2 Å². The van der Waals surface area contributed by atoms with Crippen molar-refractivity contribution in [2.24, 2.45) is 0 Å². The van der Waals surface area contributed by atoms with E-state index in [1.54, 1.807) is 28.6 Å². The van der Waals surface area contributed by atoms with Gasteiger partial charge >= 0.3 is 0 Å². The van der Waals surface area contributed by atoms with E-state index < -0.39 is 21.4 Å². The lowest BCUT2D eigenvalue weighted by Crippen LogP contribution is -2.64. The number of halogens is 1. The first kappa shape index (κ1) is 28.4. The smallest absolute Gasteiger partial charge is 0.243 e. The topological polar surface area (TPSA) is 79.0 Å². The molecule has 3 aromatic rings. The van der Waals surface area contributed by atoms with E-state index >= 15 is 0 Å². The van der Waals surface area contributed by atoms with Gasteiger partial charge in [0, 0.05) is 13.1 Å². The maximum Gasteiger partial charge on any atom is 0.243 e. The van der Waals surface area contributed by atoms with Crippen molar-refractivity contribution in [2.75, 3.05) is 38.1 Å². The van der Waals surface area contributed by atoms with Gasteiger partial charge < -0.3 is 10.1 Å². The number of ether oxygens (including phenoxy) is 1. The third kappa shape index (κ3) is 6.44. The zero-order valence-electron chi connectivity index (χ0n) is 23.0. The number of carbonyl (C=O) groups is 1. The highest BCUT2D eigenvalue weighted by Gasteiger charge is 2.47. The molecule has 1 spiro atoms. The normalized spacial score (nSPS) is 22.3. The summed E-state index contributed by atoms with van der Waals surface area (Å²) < 4.78 is 50.3. The van der Waals surface area contributed by atoms with Crippen molar-refractivity contribution in [3.8, 4) is 0 Å². The zero-order valence-corrected chi connectivity index (χ0v) is 23.8. The second-order valence-corrected chi connectivity index (χ2v) is 12.9. The highest BCUT2D eigenvalue weighted by atomic mass is 32.2. The van der Waals surface area contributed by atoms with Crippen LogP contribution >= 0.6 is 0 Å². The molecule has 0 aliphatic carbocycles. The first-order chi connectivity index (χ1) is 19.1. The quantitative estimate of drug-likeness (QED) is 0.455. The fourth-order valence-electron chi connectivity index (χ4n) is 5.69. The predicted molar refractivity (Wildman–Crippen MR) is 153 cm³/mol. The molecule has 2 saturated heterocycles. The van der Waals surface area contributed by atoms with Crippen LogP contribution in [0.25, 0.3) is 0 Å². The Bertz CT molecular complexity index is 1450. The first-order valence-electron chi connectivity index (χ1n) is 13.7. The van der Waals surface area contributed by atoms with Crippen LogP contribution in [0.2, 0.25) is 0 Å². The number of amides is 1. The van der Waals surface area contributed by atoms with Crippen LogP contribution in [0.4, 0.5) is 10.1 Å². The molecule has 5 rings (SSSR count). The van der Waals surface area contributed by atoms with Gasteiger partial charge in [-0.1, -0.05) is 54.1 Å². The number of nitrogens with one attached hydrogen (secondary N) is 1. The van der Waals surface area contributed by atoms with Crippen LogP contribution in [0.1, 0.15) is 29.5 Å². The summed E-state index contributed by atoms with van der Waals surface area (Å²) in [5, 5.41) is 2.68. The molecule has 2 aliphatic heterocycles. The maximum atomic E-state index is 14.2. The molecule has 0 saturated carbocycles. The number of carbonyl (C=O) groups excluding carboxylic acids is 1. The number of sulfonamides is 1. The minimum atomic E-state index is -3.80. The minimum absolute atomic E-state index is 0.0661. The van der Waals surface area contributed by atoms with Crippen LogP contribution in [0, 0.1) is 19.7 Å². The molecule has 212 valence electrons. The lowest BCUT2D eigenvalue weighted by Gasteiger charge is -2.50. The second kappa shape index (κ2) is 11.8. The van der Waals surface area contributed by atoms with Gasteiger partial charge in [0.05, 0.1) is 35.4 Å². The van der Waals surface area contributed by atoms with E-state index in [0.29, 0.717) is 25.9 Å². The number of rotatable bonds is 7. The standard InChI is InChI=1S/C31H36FN3O4S/c1-23-9-12-27(13-10-23)40(37,38)35-22-31(39-20-26(35)18-25-7-4-3-5-8-25)15-6-16-34(21-31)19-30(36)33-29-17-24(2)11-14-28(29)32/h3-5,7-14,17,26H,6,15-16,18-22H2,1-2H3,(H,33,36)/t26-,31?/m0/s1. The lowest BCUT2D eigenvalue weighted by atomic mass is 9.90. The molecule has 1 N–H and O–H groups in total. The zero-order chi connectivity index (χ0) is 28.3. The summed E-state index contributed by atoms with van der Waals surface area (Å²) in [7, 11) is -3.80. The monoisotopic (exact) mass is 565 g/mol. The Hall–Kier alpha value is -3.11. The second-order valence-electron chi connectivity index (χ2n) is 11.0. The maximum absolute atomic E-state index is 14.2. The molecule has 2 fully saturated rings. The molecule has 1 amide bonds. The van der Waals surface area contributed by atoms with Crippen molar-refractivity contribution in [1.82, 2.24) is 9.21 Å². The van der Waals surface area contributed by atoms with Gasteiger partial charge in [-0.2, -0.15) is 4.31 Å². The van der Waals surface area contributed by atoms with E-state index in [1.165, 1.54) is 6.07 Å². The average molecular weight is 566 g/mol. The van der Waals surface area contributed by atoms with Crippen molar-refractivity contribution >= 4 is 21.6 Å². The van der Waals surface area contributed by atoms with E-state index in [0.717, 1.165) is 23.1 Å². The molecular weight excluding hydrogens is 529 g/mol. The number of hydrogen-bond donors (Lipinski definition) is 1. The summed E-state index contributed by atoms with van der Waals surface area (Å²) in [6.07, 6.45) is 1.99. The molecule has 9 heteroatoms. The first-order valence-corrected chi connectivity index (χ1v) is 15.1. The van der Waals surface area contributed by atoms with Gasteiger partial charge in [-0.3, -0.25) is 9.69 Å². The SMILES string of the molecule is Cc1ccc(S(=O)(=O)N2CC3(CCCN(CC(=O)Nc4cc(C)ccc4F)C3)OC[C@@H]2Cc2ccccc2)cc1. The third-order valence-corrected chi connectivity index (χ3v) is 9.67. The Labute approximate surface area is 236 Å². The van der Waals surface area contributed by atoms with E-state index in [1.807, 2.05) is 61.2 Å². The average Bonchev–Trinajstić information content (AvgIpc) is 2.93. The molecule has 2 atom stereocenters. The summed E-state index contributed by atoms with van der Waals surface area (Å²) in [5.74, 6) is -0.797. The van der Waals surface area contributed by atoms with Crippen LogP contribution in [-0.2, 0) is 26.0 Å². The van der Waals surface area contributed by atoms with Crippen molar-refractivity contribution in [3.63, 3.8) is 0 Å². The van der Waals surface area contributed by atoms with Crippen molar-refractivity contribution in [2.45, 2.75) is 49.6 Å². The van der Waals surface area contributed by atoms with Gasteiger partial charge in [0.1, 0.15) is 5.82 Å². The summed E-state index contributed by atoms with van der Waals surface area (Å²) in [5.41, 5.74) is 2.30. The molecule has 0 radical (unpaired) electrons. The third-order valence-electron chi connectivity index (χ3n) is 7.76. The van der Waals surface area contributed by atoms with Gasteiger partial charge in [-0.15, -0.1) is 0 Å². The number of hydrogen-bond acceptors (Lipinski definition) is 5. The molecule has 2 aliphatic rings. The summed E-state index contributed by atoms with van der Waals surface area (Å²) in [6.45, 7) is 5.38. The number of morpholine rings is 1. The Morgan fingerprint density at radius 2 is 1.75 bits per heavy atom.